The second kappa shape index (κ2) is 6.45. The van der Waals surface area contributed by atoms with E-state index in [1.54, 1.807) is 33.8 Å². The summed E-state index contributed by atoms with van der Waals surface area (Å²) in [5, 5.41) is 22.3. The minimum Gasteiger partial charge on any atom is -0.506 e. The summed E-state index contributed by atoms with van der Waals surface area (Å²) in [5.74, 6) is -0.469. The summed E-state index contributed by atoms with van der Waals surface area (Å²) in [4.78, 5) is 26.1. The number of Topliss-reactive ketones (excluding diaryl/α,β-unsaturated/α-hetero) is 1. The molecule has 30 heavy (non-hydrogen) atoms. The Bertz CT molecular complexity index is 1170. The number of phenols is 1. The third-order valence-electron chi connectivity index (χ3n) is 6.85. The van der Waals surface area contributed by atoms with Gasteiger partial charge in [0.2, 0.25) is 0 Å². The van der Waals surface area contributed by atoms with Crippen LogP contribution in [0.15, 0.2) is 14.8 Å². The van der Waals surface area contributed by atoms with Crippen LogP contribution in [-0.4, -0.2) is 27.2 Å². The maximum atomic E-state index is 13.6. The van der Waals surface area contributed by atoms with Crippen molar-refractivity contribution in [3.05, 3.63) is 38.2 Å². The van der Waals surface area contributed by atoms with Gasteiger partial charge in [-0.25, -0.2) is 4.79 Å². The molecule has 2 heterocycles. The summed E-state index contributed by atoms with van der Waals surface area (Å²) in [7, 11) is 0. The van der Waals surface area contributed by atoms with Crippen molar-refractivity contribution >= 4 is 22.8 Å². The number of rotatable bonds is 3. The highest BCUT2D eigenvalue weighted by atomic mass is 16.5. The topological polar surface area (TPSA) is 97.0 Å². The Morgan fingerprint density at radius 3 is 2.17 bits per heavy atom. The maximum absolute atomic E-state index is 13.6. The van der Waals surface area contributed by atoms with E-state index in [0.29, 0.717) is 27.8 Å². The van der Waals surface area contributed by atoms with Crippen LogP contribution in [0.3, 0.4) is 0 Å². The molecule has 0 amide bonds. The number of hydrogen-bond acceptors (Lipinski definition) is 6. The first kappa shape index (κ1) is 22.1. The Morgan fingerprint density at radius 2 is 1.63 bits per heavy atom. The number of ketones is 1. The molecular weight excluding hydrogens is 384 g/mol. The minimum absolute atomic E-state index is 0.0228. The highest BCUT2D eigenvalue weighted by Crippen LogP contribution is 2.49. The van der Waals surface area contributed by atoms with Crippen LogP contribution in [-0.2, 0) is 0 Å². The monoisotopic (exact) mass is 414 g/mol. The molecule has 0 aliphatic carbocycles. The molecule has 2 N–H and O–H groups in total. The molecule has 0 fully saturated rings. The van der Waals surface area contributed by atoms with Gasteiger partial charge in [-0.3, -0.25) is 4.79 Å². The van der Waals surface area contributed by atoms with Gasteiger partial charge < -0.3 is 19.4 Å². The van der Waals surface area contributed by atoms with E-state index in [1.807, 2.05) is 20.8 Å². The van der Waals surface area contributed by atoms with Crippen LogP contribution in [0.1, 0.15) is 75.5 Å². The van der Waals surface area contributed by atoms with Gasteiger partial charge in [-0.15, -0.1) is 0 Å². The second-order valence-electron chi connectivity index (χ2n) is 9.76. The van der Waals surface area contributed by atoms with Gasteiger partial charge in [0.25, 0.3) is 0 Å². The van der Waals surface area contributed by atoms with Gasteiger partial charge >= 0.3 is 5.63 Å². The van der Waals surface area contributed by atoms with E-state index in [0.717, 1.165) is 5.57 Å². The van der Waals surface area contributed by atoms with Gasteiger partial charge in [-0.2, -0.15) is 0 Å². The van der Waals surface area contributed by atoms with Crippen LogP contribution in [0.5, 0.6) is 11.5 Å². The number of hydrogen-bond donors (Lipinski definition) is 2. The third-order valence-corrected chi connectivity index (χ3v) is 6.85. The average molecular weight is 414 g/mol. The first-order valence-corrected chi connectivity index (χ1v) is 10.00. The number of ether oxygens (including phenoxy) is 1. The van der Waals surface area contributed by atoms with Crippen LogP contribution in [0, 0.1) is 19.3 Å². The molecule has 0 unspecified atom stereocenters. The third kappa shape index (κ3) is 2.97. The van der Waals surface area contributed by atoms with Crippen molar-refractivity contribution in [3.8, 4) is 11.5 Å². The van der Waals surface area contributed by atoms with Crippen molar-refractivity contribution in [3.63, 3.8) is 0 Å². The molecule has 0 spiro atoms. The molecule has 1 aromatic carbocycles. The van der Waals surface area contributed by atoms with Gasteiger partial charge in [0.15, 0.2) is 11.4 Å². The standard InChI is InChI=1S/C24H30O6/c1-11-10-14-17(25)16(20(26)22(4,5)24(8,9)28)19-15(18(14)30-23(11,6)7)12(2)13(3)21(27)29-19/h10,25,28H,1-9H3. The lowest BCUT2D eigenvalue weighted by Gasteiger charge is -2.37. The summed E-state index contributed by atoms with van der Waals surface area (Å²) >= 11 is 0. The zero-order valence-corrected chi connectivity index (χ0v) is 19.1. The summed E-state index contributed by atoms with van der Waals surface area (Å²) < 4.78 is 11.8. The fourth-order valence-corrected chi connectivity index (χ4v) is 3.43. The largest absolute Gasteiger partial charge is 0.506 e. The number of fused-ring (bicyclic) bond motifs is 3. The predicted octanol–water partition coefficient (Wildman–Crippen LogP) is 4.67. The van der Waals surface area contributed by atoms with E-state index in [2.05, 4.69) is 0 Å². The van der Waals surface area contributed by atoms with Crippen LogP contribution in [0.2, 0.25) is 0 Å². The zero-order valence-electron chi connectivity index (χ0n) is 19.1. The number of aromatic hydroxyl groups is 1. The van der Waals surface area contributed by atoms with Gasteiger partial charge in [-0.05, 0) is 79.5 Å². The Hall–Kier alpha value is -2.60. The molecule has 0 radical (unpaired) electrons. The fourth-order valence-electron chi connectivity index (χ4n) is 3.43. The number of carbonyl (C=O) groups excluding carboxylic acids is 1. The van der Waals surface area contributed by atoms with Crippen molar-refractivity contribution < 1.29 is 24.2 Å². The molecular formula is C24H30O6. The van der Waals surface area contributed by atoms with Crippen molar-refractivity contribution in [2.24, 2.45) is 5.41 Å². The first-order valence-electron chi connectivity index (χ1n) is 10.00. The molecule has 0 saturated heterocycles. The Kier molecular flexibility index (Phi) is 4.75. The zero-order chi connectivity index (χ0) is 23.0. The van der Waals surface area contributed by atoms with Crippen LogP contribution < -0.4 is 10.4 Å². The van der Waals surface area contributed by atoms with Crippen LogP contribution >= 0.6 is 0 Å². The molecule has 2 aromatic rings. The van der Waals surface area contributed by atoms with Gasteiger partial charge in [0.05, 0.1) is 22.0 Å². The summed E-state index contributed by atoms with van der Waals surface area (Å²) in [5.41, 5.74) is -1.76. The van der Waals surface area contributed by atoms with E-state index < -0.39 is 28.0 Å². The molecule has 0 atom stereocenters. The molecule has 162 valence electrons. The van der Waals surface area contributed by atoms with Gasteiger partial charge in [0, 0.05) is 5.56 Å². The van der Waals surface area contributed by atoms with E-state index >= 15 is 0 Å². The van der Waals surface area contributed by atoms with Crippen molar-refractivity contribution in [1.82, 2.24) is 0 Å². The Labute approximate surface area is 176 Å². The van der Waals surface area contributed by atoms with Crippen molar-refractivity contribution in [2.45, 2.75) is 73.5 Å². The molecule has 3 rings (SSSR count). The average Bonchev–Trinajstić information content (AvgIpc) is 2.60. The molecule has 1 aromatic heterocycles. The summed E-state index contributed by atoms with van der Waals surface area (Å²) in [6.45, 7) is 15.4. The first-order chi connectivity index (χ1) is 13.5. The lowest BCUT2D eigenvalue weighted by Crippen LogP contribution is -2.45. The molecule has 1 aliphatic heterocycles. The van der Waals surface area contributed by atoms with Crippen molar-refractivity contribution in [2.75, 3.05) is 0 Å². The number of benzene rings is 1. The van der Waals surface area contributed by atoms with E-state index in [-0.39, 0.29) is 16.9 Å². The smallest absolute Gasteiger partial charge is 0.339 e. The highest BCUT2D eigenvalue weighted by molar-refractivity contribution is 6.14. The summed E-state index contributed by atoms with van der Waals surface area (Å²) in [6.07, 6.45) is 1.79. The van der Waals surface area contributed by atoms with Crippen LogP contribution in [0.4, 0.5) is 0 Å². The van der Waals surface area contributed by atoms with Gasteiger partial charge in [0.1, 0.15) is 22.7 Å². The number of aliphatic hydroxyl groups is 1. The SMILES string of the molecule is CC1=Cc2c(O)c(C(=O)C(C)(C)C(C)(C)O)c3oc(=O)c(C)c(C)c3c2OC1(C)C. The Balaban J connectivity index is 2.56. The number of carbonyl (C=O) groups is 1. The second-order valence-corrected chi connectivity index (χ2v) is 9.76. The normalized spacial score (nSPS) is 16.1. The number of aryl methyl sites for hydroxylation is 1. The fraction of sp³-hybridized carbons (Fsp3) is 0.500. The quantitative estimate of drug-likeness (QED) is 0.560. The molecule has 1 aliphatic rings. The van der Waals surface area contributed by atoms with Crippen molar-refractivity contribution in [1.29, 1.82) is 0 Å². The van der Waals surface area contributed by atoms with E-state index in [9.17, 15) is 19.8 Å². The lowest BCUT2D eigenvalue weighted by atomic mass is 9.71. The summed E-state index contributed by atoms with van der Waals surface area (Å²) in [6, 6.07) is 0. The minimum atomic E-state index is -1.39. The maximum Gasteiger partial charge on any atom is 0.339 e. The molecule has 0 bridgehead atoms. The van der Waals surface area contributed by atoms with E-state index in [1.165, 1.54) is 13.8 Å². The number of phenolic OH excluding ortho intramolecular Hbond substituents is 1. The van der Waals surface area contributed by atoms with Crippen LogP contribution in [0.25, 0.3) is 17.0 Å². The molecule has 0 saturated carbocycles. The van der Waals surface area contributed by atoms with E-state index in [4.69, 9.17) is 9.15 Å². The Morgan fingerprint density at radius 1 is 1.07 bits per heavy atom. The molecule has 6 nitrogen and oxygen atoms in total. The van der Waals surface area contributed by atoms with Gasteiger partial charge in [-0.1, -0.05) is 0 Å². The highest BCUT2D eigenvalue weighted by Gasteiger charge is 2.45. The molecule has 6 heteroatoms. The predicted molar refractivity (Wildman–Crippen MR) is 116 cm³/mol. The lowest BCUT2D eigenvalue weighted by molar-refractivity contribution is -0.0204.